The minimum atomic E-state index is -1.20. The SMILES string of the molecule is O=C(O)c1cn(-c2ccccc2)nc1-c1ccc([N+](=O)[O-])o1. The second kappa shape index (κ2) is 5.17. The summed E-state index contributed by atoms with van der Waals surface area (Å²) in [5.74, 6) is -1.64. The minimum Gasteiger partial charge on any atom is -0.478 e. The highest BCUT2D eigenvalue weighted by Crippen LogP contribution is 2.28. The summed E-state index contributed by atoms with van der Waals surface area (Å²) in [6, 6.07) is 11.4. The number of nitro groups is 1. The first-order valence-corrected chi connectivity index (χ1v) is 6.19. The molecule has 0 radical (unpaired) electrons. The van der Waals surface area contributed by atoms with E-state index >= 15 is 0 Å². The third-order valence-electron chi connectivity index (χ3n) is 2.97. The highest BCUT2D eigenvalue weighted by Gasteiger charge is 2.22. The maximum atomic E-state index is 11.4. The van der Waals surface area contributed by atoms with Crippen LogP contribution in [0.4, 0.5) is 5.88 Å². The molecule has 110 valence electrons. The Morgan fingerprint density at radius 3 is 2.55 bits per heavy atom. The third-order valence-corrected chi connectivity index (χ3v) is 2.97. The van der Waals surface area contributed by atoms with Gasteiger partial charge in [-0.15, -0.1) is 0 Å². The molecule has 0 bridgehead atoms. The Hall–Kier alpha value is -3.42. The molecule has 2 heterocycles. The molecule has 0 spiro atoms. The average molecular weight is 299 g/mol. The smallest absolute Gasteiger partial charge is 0.433 e. The number of hydrogen-bond donors (Lipinski definition) is 1. The number of carboxylic acid groups (broad SMARTS) is 1. The van der Waals surface area contributed by atoms with Gasteiger partial charge < -0.3 is 9.52 Å². The molecule has 2 aromatic heterocycles. The molecular formula is C14H9N3O5. The van der Waals surface area contributed by atoms with E-state index in [2.05, 4.69) is 5.10 Å². The lowest BCUT2D eigenvalue weighted by atomic mass is 10.2. The molecule has 0 saturated carbocycles. The first kappa shape index (κ1) is 13.6. The van der Waals surface area contributed by atoms with Crippen LogP contribution in [-0.4, -0.2) is 25.8 Å². The zero-order valence-electron chi connectivity index (χ0n) is 11.0. The number of nitrogens with zero attached hydrogens (tertiary/aromatic N) is 3. The Morgan fingerprint density at radius 1 is 1.23 bits per heavy atom. The maximum Gasteiger partial charge on any atom is 0.433 e. The molecule has 3 rings (SSSR count). The van der Waals surface area contributed by atoms with Crippen molar-refractivity contribution >= 4 is 11.9 Å². The number of carbonyl (C=O) groups is 1. The fraction of sp³-hybridized carbons (Fsp3) is 0. The molecule has 0 aliphatic heterocycles. The molecule has 0 unspecified atom stereocenters. The molecule has 8 heteroatoms. The van der Waals surface area contributed by atoms with Crippen molar-refractivity contribution in [3.63, 3.8) is 0 Å². The average Bonchev–Trinajstić information content (AvgIpc) is 3.15. The van der Waals surface area contributed by atoms with E-state index in [9.17, 15) is 20.0 Å². The zero-order chi connectivity index (χ0) is 15.7. The van der Waals surface area contributed by atoms with Crippen molar-refractivity contribution in [2.45, 2.75) is 0 Å². The predicted octanol–water partition coefficient (Wildman–Crippen LogP) is 2.74. The van der Waals surface area contributed by atoms with Gasteiger partial charge in [-0.3, -0.25) is 10.1 Å². The summed E-state index contributed by atoms with van der Waals surface area (Å²) >= 11 is 0. The molecule has 8 nitrogen and oxygen atoms in total. The zero-order valence-corrected chi connectivity index (χ0v) is 11.0. The highest BCUT2D eigenvalue weighted by atomic mass is 16.6. The predicted molar refractivity (Wildman–Crippen MR) is 74.9 cm³/mol. The van der Waals surface area contributed by atoms with Gasteiger partial charge in [0.05, 0.1) is 11.8 Å². The van der Waals surface area contributed by atoms with Crippen LogP contribution in [0, 0.1) is 10.1 Å². The molecule has 0 amide bonds. The van der Waals surface area contributed by atoms with Crippen molar-refractivity contribution in [2.75, 3.05) is 0 Å². The van der Waals surface area contributed by atoms with Gasteiger partial charge >= 0.3 is 11.9 Å². The van der Waals surface area contributed by atoms with Crippen LogP contribution < -0.4 is 0 Å². The summed E-state index contributed by atoms with van der Waals surface area (Å²) in [4.78, 5) is 21.3. The lowest BCUT2D eigenvalue weighted by Crippen LogP contribution is -1.96. The van der Waals surface area contributed by atoms with Crippen LogP contribution >= 0.6 is 0 Å². The largest absolute Gasteiger partial charge is 0.478 e. The van der Waals surface area contributed by atoms with E-state index in [4.69, 9.17) is 4.42 Å². The van der Waals surface area contributed by atoms with Crippen LogP contribution in [0.5, 0.6) is 0 Å². The highest BCUT2D eigenvalue weighted by molar-refractivity contribution is 5.94. The van der Waals surface area contributed by atoms with E-state index in [0.29, 0.717) is 5.69 Å². The van der Waals surface area contributed by atoms with E-state index in [1.807, 2.05) is 6.07 Å². The van der Waals surface area contributed by atoms with E-state index in [0.717, 1.165) is 6.07 Å². The number of furan rings is 1. The van der Waals surface area contributed by atoms with E-state index < -0.39 is 16.8 Å². The quantitative estimate of drug-likeness (QED) is 0.585. The number of benzene rings is 1. The standard InChI is InChI=1S/C14H9N3O5/c18-14(19)10-8-16(9-4-2-1-3-5-9)15-13(10)11-6-7-12(22-11)17(20)21/h1-8H,(H,18,19). The van der Waals surface area contributed by atoms with Gasteiger partial charge in [0.2, 0.25) is 0 Å². The monoisotopic (exact) mass is 299 g/mol. The molecule has 1 aromatic carbocycles. The van der Waals surface area contributed by atoms with Crippen molar-refractivity contribution in [1.29, 1.82) is 0 Å². The minimum absolute atomic E-state index is 0.0266. The molecule has 1 N–H and O–H groups in total. The summed E-state index contributed by atoms with van der Waals surface area (Å²) in [6.45, 7) is 0. The fourth-order valence-electron chi connectivity index (χ4n) is 1.98. The number of hydrogen-bond acceptors (Lipinski definition) is 5. The van der Waals surface area contributed by atoms with E-state index in [1.165, 1.54) is 16.9 Å². The van der Waals surface area contributed by atoms with E-state index in [1.54, 1.807) is 24.3 Å². The van der Waals surface area contributed by atoms with Crippen molar-refractivity contribution in [2.24, 2.45) is 0 Å². The molecule has 0 atom stereocenters. The lowest BCUT2D eigenvalue weighted by molar-refractivity contribution is -0.401. The van der Waals surface area contributed by atoms with Crippen molar-refractivity contribution < 1.29 is 19.2 Å². The number of aromatic nitrogens is 2. The number of rotatable bonds is 4. The second-order valence-electron chi connectivity index (χ2n) is 4.37. The summed E-state index contributed by atoms with van der Waals surface area (Å²) in [6.07, 6.45) is 1.33. The van der Waals surface area contributed by atoms with Crippen LogP contribution in [-0.2, 0) is 0 Å². The van der Waals surface area contributed by atoms with Crippen molar-refractivity contribution in [1.82, 2.24) is 9.78 Å². The van der Waals surface area contributed by atoms with Crippen molar-refractivity contribution in [3.05, 3.63) is 64.3 Å². The van der Waals surface area contributed by atoms with Gasteiger partial charge in [-0.1, -0.05) is 18.2 Å². The molecular weight excluding hydrogens is 290 g/mol. The van der Waals surface area contributed by atoms with Gasteiger partial charge in [-0.05, 0) is 18.2 Å². The van der Waals surface area contributed by atoms with Gasteiger partial charge in [0.15, 0.2) is 5.76 Å². The lowest BCUT2D eigenvalue weighted by Gasteiger charge is -1.98. The maximum absolute atomic E-state index is 11.4. The molecule has 0 saturated heterocycles. The normalized spacial score (nSPS) is 10.5. The summed E-state index contributed by atoms with van der Waals surface area (Å²) in [5.41, 5.74) is 0.592. The summed E-state index contributed by atoms with van der Waals surface area (Å²) in [5, 5.41) is 24.1. The van der Waals surface area contributed by atoms with Crippen LogP contribution in [0.3, 0.4) is 0 Å². The van der Waals surface area contributed by atoms with Gasteiger partial charge in [-0.2, -0.15) is 5.10 Å². The molecule has 0 aliphatic carbocycles. The number of aromatic carboxylic acids is 1. The summed E-state index contributed by atoms with van der Waals surface area (Å²) in [7, 11) is 0. The Kier molecular flexibility index (Phi) is 3.18. The molecule has 3 aromatic rings. The molecule has 22 heavy (non-hydrogen) atoms. The third kappa shape index (κ3) is 2.33. The van der Waals surface area contributed by atoms with Gasteiger partial charge in [-0.25, -0.2) is 9.48 Å². The molecule has 0 fully saturated rings. The molecule has 0 aliphatic rings. The second-order valence-corrected chi connectivity index (χ2v) is 4.37. The van der Waals surface area contributed by atoms with Crippen LogP contribution in [0.1, 0.15) is 10.4 Å². The topological polar surface area (TPSA) is 111 Å². The fourth-order valence-corrected chi connectivity index (χ4v) is 1.98. The Bertz CT molecular complexity index is 851. The Morgan fingerprint density at radius 2 is 1.95 bits per heavy atom. The van der Waals surface area contributed by atoms with Crippen molar-refractivity contribution in [3.8, 4) is 17.1 Å². The van der Waals surface area contributed by atoms with E-state index in [-0.39, 0.29) is 17.0 Å². The van der Waals surface area contributed by atoms with Gasteiger partial charge in [0, 0.05) is 6.20 Å². The number of carboxylic acids is 1. The van der Waals surface area contributed by atoms with Crippen LogP contribution in [0.15, 0.2) is 53.1 Å². The first-order chi connectivity index (χ1) is 10.6. The Balaban J connectivity index is 2.12. The summed E-state index contributed by atoms with van der Waals surface area (Å²) < 4.78 is 6.41. The Labute approximate surface area is 123 Å². The van der Waals surface area contributed by atoms with Gasteiger partial charge in [0.1, 0.15) is 16.2 Å². The number of para-hydroxylation sites is 1. The van der Waals surface area contributed by atoms with Gasteiger partial charge in [0.25, 0.3) is 0 Å². The van der Waals surface area contributed by atoms with Crippen LogP contribution in [0.2, 0.25) is 0 Å². The first-order valence-electron chi connectivity index (χ1n) is 6.19. The van der Waals surface area contributed by atoms with Crippen LogP contribution in [0.25, 0.3) is 17.1 Å².